The Morgan fingerprint density at radius 2 is 2.14 bits per heavy atom. The van der Waals surface area contributed by atoms with Gasteiger partial charge in [-0.05, 0) is 12.1 Å². The van der Waals surface area contributed by atoms with Crippen LogP contribution in [0.15, 0.2) is 29.2 Å². The lowest BCUT2D eigenvalue weighted by Gasteiger charge is -2.07. The molecule has 0 aliphatic carbocycles. The average Bonchev–Trinajstić information content (AvgIpc) is 2.18. The molecular weight excluding hydrogens is 205 g/mol. The molecule has 0 radical (unpaired) electrons. The summed E-state index contributed by atoms with van der Waals surface area (Å²) < 4.78 is 24.6. The highest BCUT2D eigenvalue weighted by Crippen LogP contribution is 2.12. The number of nitrogens with two attached hydrogens (primary N) is 1. The lowest BCUT2D eigenvalue weighted by molar-refractivity contribution is 0.207. The summed E-state index contributed by atoms with van der Waals surface area (Å²) in [7, 11) is -1.53. The molecular formula is C9H12FNO2S. The van der Waals surface area contributed by atoms with Crippen LogP contribution in [-0.2, 0) is 10.8 Å². The summed E-state index contributed by atoms with van der Waals surface area (Å²) in [5, 5.41) is 9.14. The van der Waals surface area contributed by atoms with Crippen LogP contribution in [0.2, 0.25) is 0 Å². The highest BCUT2D eigenvalue weighted by atomic mass is 32.2. The molecule has 1 rings (SSSR count). The van der Waals surface area contributed by atoms with Gasteiger partial charge < -0.3 is 10.8 Å². The highest BCUT2D eigenvalue weighted by molar-refractivity contribution is 7.85. The smallest absolute Gasteiger partial charge is 0.139 e. The van der Waals surface area contributed by atoms with E-state index >= 15 is 0 Å². The van der Waals surface area contributed by atoms with E-state index in [4.69, 9.17) is 10.8 Å². The van der Waals surface area contributed by atoms with Crippen LogP contribution in [0.3, 0.4) is 0 Å². The van der Waals surface area contributed by atoms with Crippen LogP contribution in [0, 0.1) is 5.82 Å². The number of hydrogen-bond acceptors (Lipinski definition) is 3. The summed E-state index contributed by atoms with van der Waals surface area (Å²) in [5.74, 6) is -0.549. The number of aliphatic hydroxyl groups is 1. The van der Waals surface area contributed by atoms with Crippen molar-refractivity contribution in [2.75, 3.05) is 12.3 Å². The first kappa shape index (κ1) is 11.3. The molecule has 0 saturated carbocycles. The fourth-order valence-corrected chi connectivity index (χ4v) is 2.14. The van der Waals surface area contributed by atoms with Gasteiger partial charge in [0.15, 0.2) is 0 Å². The van der Waals surface area contributed by atoms with Crippen molar-refractivity contribution in [2.24, 2.45) is 5.73 Å². The van der Waals surface area contributed by atoms with Crippen LogP contribution in [0.25, 0.3) is 0 Å². The van der Waals surface area contributed by atoms with Crippen molar-refractivity contribution in [3.8, 4) is 0 Å². The standard InChI is InChI=1S/C9H12FNO2S/c10-8-3-1-2-4-9(8)14(13)6-7(12)5-11/h1-4,7,12H,5-6,11H2. The topological polar surface area (TPSA) is 63.3 Å². The van der Waals surface area contributed by atoms with Gasteiger partial charge >= 0.3 is 0 Å². The van der Waals surface area contributed by atoms with E-state index in [1.807, 2.05) is 0 Å². The molecule has 0 amide bonds. The fourth-order valence-electron chi connectivity index (χ4n) is 0.962. The summed E-state index contributed by atoms with van der Waals surface area (Å²) in [4.78, 5) is 0.111. The maximum atomic E-state index is 13.1. The number of benzene rings is 1. The molecule has 2 atom stereocenters. The maximum Gasteiger partial charge on any atom is 0.139 e. The number of aliphatic hydroxyl groups excluding tert-OH is 1. The van der Waals surface area contributed by atoms with E-state index in [2.05, 4.69) is 0 Å². The zero-order valence-electron chi connectivity index (χ0n) is 7.52. The van der Waals surface area contributed by atoms with Gasteiger partial charge in [-0.3, -0.25) is 4.21 Å². The predicted octanol–water partition coefficient (Wildman–Crippen LogP) is 0.253. The van der Waals surface area contributed by atoms with Crippen LogP contribution >= 0.6 is 0 Å². The van der Waals surface area contributed by atoms with Crippen molar-refractivity contribution in [1.82, 2.24) is 0 Å². The van der Waals surface area contributed by atoms with Crippen molar-refractivity contribution in [1.29, 1.82) is 0 Å². The Hall–Kier alpha value is -0.780. The third kappa shape index (κ3) is 2.87. The SMILES string of the molecule is NCC(O)CS(=O)c1ccccc1F. The van der Waals surface area contributed by atoms with Gasteiger partial charge in [0, 0.05) is 6.54 Å². The fraction of sp³-hybridized carbons (Fsp3) is 0.333. The van der Waals surface area contributed by atoms with E-state index in [0.717, 1.165) is 0 Å². The summed E-state index contributed by atoms with van der Waals surface area (Å²) >= 11 is 0. The Balaban J connectivity index is 2.75. The Bertz CT molecular complexity index is 332. The molecule has 1 aromatic rings. The summed E-state index contributed by atoms with van der Waals surface area (Å²) in [6.45, 7) is 0.0280. The third-order valence-corrected chi connectivity index (χ3v) is 3.21. The first-order valence-corrected chi connectivity index (χ1v) is 5.48. The Labute approximate surface area is 84.2 Å². The van der Waals surface area contributed by atoms with Gasteiger partial charge in [-0.25, -0.2) is 4.39 Å². The molecule has 78 valence electrons. The third-order valence-electron chi connectivity index (χ3n) is 1.70. The maximum absolute atomic E-state index is 13.1. The van der Waals surface area contributed by atoms with Crippen molar-refractivity contribution in [3.05, 3.63) is 30.1 Å². The normalized spacial score (nSPS) is 15.1. The number of rotatable bonds is 4. The lowest BCUT2D eigenvalue weighted by Crippen LogP contribution is -2.26. The lowest BCUT2D eigenvalue weighted by atomic mass is 10.3. The minimum Gasteiger partial charge on any atom is -0.391 e. The molecule has 2 unspecified atom stereocenters. The summed E-state index contributed by atoms with van der Waals surface area (Å²) in [6, 6.07) is 5.80. The Morgan fingerprint density at radius 1 is 1.50 bits per heavy atom. The minimum atomic E-state index is -1.53. The van der Waals surface area contributed by atoms with Gasteiger partial charge in [0.25, 0.3) is 0 Å². The molecule has 0 spiro atoms. The molecule has 14 heavy (non-hydrogen) atoms. The molecule has 0 aromatic heterocycles. The van der Waals surface area contributed by atoms with Crippen molar-refractivity contribution >= 4 is 10.8 Å². The molecule has 1 aromatic carbocycles. The minimum absolute atomic E-state index is 0.0280. The molecule has 0 aliphatic heterocycles. The van der Waals surface area contributed by atoms with E-state index < -0.39 is 22.7 Å². The molecule has 0 fully saturated rings. The van der Waals surface area contributed by atoms with Crippen molar-refractivity contribution in [3.63, 3.8) is 0 Å². The van der Waals surface area contributed by atoms with E-state index in [-0.39, 0.29) is 17.2 Å². The van der Waals surface area contributed by atoms with Crippen molar-refractivity contribution < 1.29 is 13.7 Å². The van der Waals surface area contributed by atoms with Crippen LogP contribution in [-0.4, -0.2) is 27.7 Å². The monoisotopic (exact) mass is 217 g/mol. The van der Waals surface area contributed by atoms with E-state index in [9.17, 15) is 8.60 Å². The van der Waals surface area contributed by atoms with E-state index in [1.165, 1.54) is 18.2 Å². The van der Waals surface area contributed by atoms with Gasteiger partial charge in [0.2, 0.25) is 0 Å². The first-order valence-electron chi connectivity index (χ1n) is 4.16. The van der Waals surface area contributed by atoms with Gasteiger partial charge in [-0.1, -0.05) is 12.1 Å². The quantitative estimate of drug-likeness (QED) is 0.760. The number of hydrogen-bond donors (Lipinski definition) is 2. The second-order valence-corrected chi connectivity index (χ2v) is 4.30. The molecule has 0 heterocycles. The second kappa shape index (κ2) is 5.19. The van der Waals surface area contributed by atoms with E-state index in [1.54, 1.807) is 6.07 Å². The first-order chi connectivity index (χ1) is 6.65. The zero-order valence-corrected chi connectivity index (χ0v) is 8.34. The Kier molecular flexibility index (Phi) is 4.19. The van der Waals surface area contributed by atoms with Gasteiger partial charge in [-0.2, -0.15) is 0 Å². The molecule has 5 heteroatoms. The average molecular weight is 217 g/mol. The predicted molar refractivity (Wildman–Crippen MR) is 52.7 cm³/mol. The van der Waals surface area contributed by atoms with E-state index in [0.29, 0.717) is 0 Å². The molecule has 3 nitrogen and oxygen atoms in total. The zero-order chi connectivity index (χ0) is 10.6. The van der Waals surface area contributed by atoms with Gasteiger partial charge in [-0.15, -0.1) is 0 Å². The van der Waals surface area contributed by atoms with Gasteiger partial charge in [0.05, 0.1) is 27.6 Å². The Morgan fingerprint density at radius 3 is 2.71 bits per heavy atom. The van der Waals surface area contributed by atoms with Gasteiger partial charge in [0.1, 0.15) is 5.82 Å². The highest BCUT2D eigenvalue weighted by Gasteiger charge is 2.12. The summed E-state index contributed by atoms with van der Waals surface area (Å²) in [5.41, 5.74) is 5.16. The molecule has 0 aliphatic rings. The summed E-state index contributed by atoms with van der Waals surface area (Å²) in [6.07, 6.45) is -0.851. The largest absolute Gasteiger partial charge is 0.391 e. The molecule has 0 saturated heterocycles. The molecule has 3 N–H and O–H groups in total. The van der Waals surface area contributed by atoms with Crippen LogP contribution < -0.4 is 5.73 Å². The van der Waals surface area contributed by atoms with Crippen LogP contribution in [0.1, 0.15) is 0 Å². The van der Waals surface area contributed by atoms with Crippen molar-refractivity contribution in [2.45, 2.75) is 11.0 Å². The molecule has 0 bridgehead atoms. The second-order valence-electron chi connectivity index (χ2n) is 2.83. The van der Waals surface area contributed by atoms with Crippen LogP contribution in [0.5, 0.6) is 0 Å². The number of halogens is 1. The van der Waals surface area contributed by atoms with Crippen LogP contribution in [0.4, 0.5) is 4.39 Å².